The van der Waals surface area contributed by atoms with Gasteiger partial charge in [0.15, 0.2) is 0 Å². The van der Waals surface area contributed by atoms with Crippen LogP contribution < -0.4 is 5.32 Å². The number of hydrogen-bond acceptors (Lipinski definition) is 1. The summed E-state index contributed by atoms with van der Waals surface area (Å²) in [7, 11) is 2.39. The molecule has 0 spiro atoms. The standard InChI is InChI=1S/C14H23N2/c1-3-16(2)11-7-10-14(16)12-15-13-8-5-4-6-9-13/h4-6,8-9,14-15H,3,7,10-12H2,1-2H3/q+1/t14-,16-/m0/s1. The summed E-state index contributed by atoms with van der Waals surface area (Å²) < 4.78 is 1.24. The lowest BCUT2D eigenvalue weighted by molar-refractivity contribution is -0.917. The number of likely N-dealkylation sites (N-methyl/N-ethyl adjacent to an activating group) is 1. The molecule has 0 saturated carbocycles. The normalized spacial score (nSPS) is 29.2. The van der Waals surface area contributed by atoms with E-state index in [0.717, 1.165) is 12.6 Å². The minimum absolute atomic E-state index is 0.783. The molecule has 0 bridgehead atoms. The SMILES string of the molecule is CC[N@@+]1(C)CCC[C@H]1CNc1ccccc1. The first-order chi connectivity index (χ1) is 7.74. The molecule has 16 heavy (non-hydrogen) atoms. The summed E-state index contributed by atoms with van der Waals surface area (Å²) >= 11 is 0. The fourth-order valence-corrected chi connectivity index (χ4v) is 2.71. The predicted molar refractivity (Wildman–Crippen MR) is 69.5 cm³/mol. The molecule has 0 amide bonds. The summed E-state index contributed by atoms with van der Waals surface area (Å²) in [5.74, 6) is 0. The molecule has 88 valence electrons. The van der Waals surface area contributed by atoms with E-state index >= 15 is 0 Å². The number of anilines is 1. The van der Waals surface area contributed by atoms with E-state index < -0.39 is 0 Å². The van der Waals surface area contributed by atoms with Crippen LogP contribution in [0.3, 0.4) is 0 Å². The molecule has 1 aromatic rings. The van der Waals surface area contributed by atoms with Gasteiger partial charge in [-0.05, 0) is 19.1 Å². The van der Waals surface area contributed by atoms with Crippen LogP contribution in [0.15, 0.2) is 30.3 Å². The van der Waals surface area contributed by atoms with Crippen LogP contribution in [0, 0.1) is 0 Å². The highest BCUT2D eigenvalue weighted by molar-refractivity contribution is 5.42. The molecule has 1 aliphatic rings. The summed E-state index contributed by atoms with van der Waals surface area (Å²) in [5, 5.41) is 3.56. The number of rotatable bonds is 4. The van der Waals surface area contributed by atoms with Gasteiger partial charge in [0.2, 0.25) is 0 Å². The smallest absolute Gasteiger partial charge is 0.106 e. The van der Waals surface area contributed by atoms with Crippen LogP contribution in [0.1, 0.15) is 19.8 Å². The molecule has 1 saturated heterocycles. The number of para-hydroxylation sites is 1. The van der Waals surface area contributed by atoms with Crippen molar-refractivity contribution in [2.24, 2.45) is 0 Å². The van der Waals surface area contributed by atoms with Gasteiger partial charge in [0, 0.05) is 18.5 Å². The van der Waals surface area contributed by atoms with Gasteiger partial charge in [-0.1, -0.05) is 18.2 Å². The lowest BCUT2D eigenvalue weighted by Gasteiger charge is -2.35. The van der Waals surface area contributed by atoms with Gasteiger partial charge in [0.05, 0.1) is 26.7 Å². The number of benzene rings is 1. The molecule has 2 atom stereocenters. The Morgan fingerprint density at radius 3 is 2.75 bits per heavy atom. The number of quaternary nitrogens is 1. The minimum atomic E-state index is 0.783. The molecule has 2 heteroatoms. The Morgan fingerprint density at radius 2 is 2.06 bits per heavy atom. The van der Waals surface area contributed by atoms with E-state index in [9.17, 15) is 0 Å². The molecule has 1 aromatic carbocycles. The van der Waals surface area contributed by atoms with E-state index in [4.69, 9.17) is 0 Å². The van der Waals surface area contributed by atoms with Crippen LogP contribution in [0.2, 0.25) is 0 Å². The van der Waals surface area contributed by atoms with Crippen molar-refractivity contribution in [2.75, 3.05) is 32.0 Å². The van der Waals surface area contributed by atoms with Crippen molar-refractivity contribution in [1.82, 2.24) is 0 Å². The Morgan fingerprint density at radius 1 is 1.31 bits per heavy atom. The van der Waals surface area contributed by atoms with E-state index in [0.29, 0.717) is 0 Å². The Balaban J connectivity index is 1.91. The first-order valence-corrected chi connectivity index (χ1v) is 6.38. The van der Waals surface area contributed by atoms with Gasteiger partial charge < -0.3 is 9.80 Å². The Bertz CT molecular complexity index is 323. The maximum Gasteiger partial charge on any atom is 0.106 e. The third-order valence-corrected chi connectivity index (χ3v) is 4.13. The van der Waals surface area contributed by atoms with Crippen LogP contribution in [0.5, 0.6) is 0 Å². The molecule has 1 fully saturated rings. The Labute approximate surface area is 98.9 Å². The van der Waals surface area contributed by atoms with Crippen molar-refractivity contribution in [3.8, 4) is 0 Å². The van der Waals surface area contributed by atoms with Gasteiger partial charge in [0.1, 0.15) is 6.04 Å². The predicted octanol–water partition coefficient (Wildman–Crippen LogP) is 2.73. The fraction of sp³-hybridized carbons (Fsp3) is 0.571. The third-order valence-electron chi connectivity index (χ3n) is 4.13. The minimum Gasteiger partial charge on any atom is -0.379 e. The number of nitrogens with one attached hydrogen (secondary N) is 1. The van der Waals surface area contributed by atoms with Gasteiger partial charge in [0.25, 0.3) is 0 Å². The third kappa shape index (κ3) is 2.38. The lowest BCUT2D eigenvalue weighted by atomic mass is 10.2. The summed E-state index contributed by atoms with van der Waals surface area (Å²) in [4.78, 5) is 0. The van der Waals surface area contributed by atoms with Crippen molar-refractivity contribution >= 4 is 5.69 Å². The van der Waals surface area contributed by atoms with Crippen LogP contribution in [0.25, 0.3) is 0 Å². The quantitative estimate of drug-likeness (QED) is 0.768. The van der Waals surface area contributed by atoms with E-state index in [1.807, 2.05) is 0 Å². The number of hydrogen-bond donors (Lipinski definition) is 1. The van der Waals surface area contributed by atoms with Gasteiger partial charge in [-0.2, -0.15) is 0 Å². The van der Waals surface area contributed by atoms with Crippen molar-refractivity contribution in [3.63, 3.8) is 0 Å². The first-order valence-electron chi connectivity index (χ1n) is 6.38. The average molecular weight is 219 g/mol. The largest absolute Gasteiger partial charge is 0.379 e. The van der Waals surface area contributed by atoms with Gasteiger partial charge in [-0.3, -0.25) is 0 Å². The Hall–Kier alpha value is -1.02. The molecule has 1 aliphatic heterocycles. The maximum atomic E-state index is 3.56. The van der Waals surface area contributed by atoms with Crippen molar-refractivity contribution < 1.29 is 4.48 Å². The van der Waals surface area contributed by atoms with Crippen LogP contribution in [0.4, 0.5) is 5.69 Å². The number of nitrogens with zero attached hydrogens (tertiary/aromatic N) is 1. The highest BCUT2D eigenvalue weighted by Crippen LogP contribution is 2.24. The van der Waals surface area contributed by atoms with Gasteiger partial charge >= 0.3 is 0 Å². The lowest BCUT2D eigenvalue weighted by Crippen LogP contribution is -2.50. The van der Waals surface area contributed by atoms with Gasteiger partial charge in [-0.15, -0.1) is 0 Å². The van der Waals surface area contributed by atoms with Gasteiger partial charge in [-0.25, -0.2) is 0 Å². The summed E-state index contributed by atoms with van der Waals surface area (Å²) in [5.41, 5.74) is 1.25. The highest BCUT2D eigenvalue weighted by atomic mass is 15.4. The monoisotopic (exact) mass is 219 g/mol. The number of likely N-dealkylation sites (tertiary alicyclic amines) is 1. The van der Waals surface area contributed by atoms with Crippen molar-refractivity contribution in [1.29, 1.82) is 0 Å². The van der Waals surface area contributed by atoms with E-state index in [-0.39, 0.29) is 0 Å². The van der Waals surface area contributed by atoms with Crippen LogP contribution in [-0.2, 0) is 0 Å². The zero-order valence-corrected chi connectivity index (χ0v) is 10.4. The van der Waals surface area contributed by atoms with Crippen LogP contribution >= 0.6 is 0 Å². The van der Waals surface area contributed by atoms with Crippen molar-refractivity contribution in [2.45, 2.75) is 25.8 Å². The molecule has 1 N–H and O–H groups in total. The molecule has 0 aromatic heterocycles. The molecular weight excluding hydrogens is 196 g/mol. The van der Waals surface area contributed by atoms with Crippen molar-refractivity contribution in [3.05, 3.63) is 30.3 Å². The maximum absolute atomic E-state index is 3.56. The van der Waals surface area contributed by atoms with E-state index in [2.05, 4.69) is 49.6 Å². The molecule has 0 aliphatic carbocycles. The average Bonchev–Trinajstić information content (AvgIpc) is 2.70. The zero-order valence-electron chi connectivity index (χ0n) is 10.4. The molecule has 2 rings (SSSR count). The van der Waals surface area contributed by atoms with E-state index in [1.165, 1.54) is 36.1 Å². The summed E-state index contributed by atoms with van der Waals surface area (Å²) in [6.45, 7) is 6.01. The highest BCUT2D eigenvalue weighted by Gasteiger charge is 2.35. The second-order valence-corrected chi connectivity index (χ2v) is 5.06. The second-order valence-electron chi connectivity index (χ2n) is 5.06. The zero-order chi connectivity index (χ0) is 11.4. The molecule has 0 unspecified atom stereocenters. The topological polar surface area (TPSA) is 12.0 Å². The first kappa shape index (κ1) is 11.5. The van der Waals surface area contributed by atoms with Crippen LogP contribution in [-0.4, -0.2) is 37.2 Å². The molecule has 1 heterocycles. The fourth-order valence-electron chi connectivity index (χ4n) is 2.71. The summed E-state index contributed by atoms with van der Waals surface area (Å²) in [6, 6.07) is 11.3. The molecule has 0 radical (unpaired) electrons. The second kappa shape index (κ2) is 4.88. The van der Waals surface area contributed by atoms with E-state index in [1.54, 1.807) is 0 Å². The summed E-state index contributed by atoms with van der Waals surface area (Å²) in [6.07, 6.45) is 2.75. The molecule has 2 nitrogen and oxygen atoms in total. The molecular formula is C14H23N2+. The Kier molecular flexibility index (Phi) is 3.49.